The highest BCUT2D eigenvalue weighted by molar-refractivity contribution is 5.75. The molecule has 1 fully saturated rings. The van der Waals surface area contributed by atoms with Gasteiger partial charge in [0.1, 0.15) is 0 Å². The van der Waals surface area contributed by atoms with Gasteiger partial charge in [-0.05, 0) is 30.4 Å². The van der Waals surface area contributed by atoms with Crippen LogP contribution in [0.25, 0.3) is 0 Å². The molecule has 0 bridgehead atoms. The summed E-state index contributed by atoms with van der Waals surface area (Å²) in [7, 11) is 0. The number of aliphatic hydroxyl groups is 1. The standard InChI is InChI=1S/C17H24N2O3/c1-2-13(15-8-5-9-22-15)18-17(21)19-16-12-7-4-3-6-11(12)10-14(16)20/h3-4,6-7,13-16,20H,2,5,8-10H2,1H3,(H2,18,19,21)/t13?,14-,15?,16+/m1/s1. The molecule has 1 aromatic rings. The molecule has 3 N–H and O–H groups in total. The van der Waals surface area contributed by atoms with Gasteiger partial charge in [0.05, 0.1) is 24.3 Å². The van der Waals surface area contributed by atoms with Gasteiger partial charge >= 0.3 is 6.03 Å². The molecule has 2 aliphatic rings. The van der Waals surface area contributed by atoms with Crippen molar-refractivity contribution in [3.05, 3.63) is 35.4 Å². The van der Waals surface area contributed by atoms with Gasteiger partial charge in [-0.25, -0.2) is 4.79 Å². The summed E-state index contributed by atoms with van der Waals surface area (Å²) in [6.45, 7) is 2.82. The summed E-state index contributed by atoms with van der Waals surface area (Å²) in [5, 5.41) is 16.1. The van der Waals surface area contributed by atoms with Gasteiger partial charge in [-0.2, -0.15) is 0 Å². The molecule has 1 aliphatic heterocycles. The summed E-state index contributed by atoms with van der Waals surface area (Å²) in [6, 6.07) is 7.31. The van der Waals surface area contributed by atoms with Crippen LogP contribution in [0, 0.1) is 0 Å². The zero-order valence-corrected chi connectivity index (χ0v) is 12.9. The molecule has 22 heavy (non-hydrogen) atoms. The van der Waals surface area contributed by atoms with E-state index >= 15 is 0 Å². The Kier molecular flexibility index (Phi) is 4.64. The minimum Gasteiger partial charge on any atom is -0.390 e. The van der Waals surface area contributed by atoms with Crippen LogP contribution < -0.4 is 10.6 Å². The van der Waals surface area contributed by atoms with Crippen molar-refractivity contribution in [1.82, 2.24) is 10.6 Å². The normalized spacial score (nSPS) is 28.2. The molecule has 0 radical (unpaired) electrons. The molecule has 0 saturated carbocycles. The molecule has 4 atom stereocenters. The van der Waals surface area contributed by atoms with Crippen LogP contribution in [-0.4, -0.2) is 36.0 Å². The number of aliphatic hydroxyl groups excluding tert-OH is 1. The summed E-state index contributed by atoms with van der Waals surface area (Å²) in [5.74, 6) is 0. The third kappa shape index (κ3) is 3.10. The highest BCUT2D eigenvalue weighted by atomic mass is 16.5. The summed E-state index contributed by atoms with van der Waals surface area (Å²) < 4.78 is 5.66. The molecule has 1 saturated heterocycles. The minimum absolute atomic E-state index is 0.0243. The first kappa shape index (κ1) is 15.3. The first-order valence-corrected chi connectivity index (χ1v) is 8.13. The monoisotopic (exact) mass is 304 g/mol. The Labute approximate surface area is 131 Å². The zero-order chi connectivity index (χ0) is 15.5. The highest BCUT2D eigenvalue weighted by Gasteiger charge is 2.33. The van der Waals surface area contributed by atoms with Crippen LogP contribution in [0.2, 0.25) is 0 Å². The van der Waals surface area contributed by atoms with Crippen LogP contribution >= 0.6 is 0 Å². The average Bonchev–Trinajstić information content (AvgIpc) is 3.14. The maximum absolute atomic E-state index is 12.3. The maximum Gasteiger partial charge on any atom is 0.315 e. The lowest BCUT2D eigenvalue weighted by molar-refractivity contribution is 0.0786. The number of nitrogens with one attached hydrogen (secondary N) is 2. The van der Waals surface area contributed by atoms with Gasteiger partial charge < -0.3 is 20.5 Å². The van der Waals surface area contributed by atoms with Gasteiger partial charge in [-0.15, -0.1) is 0 Å². The van der Waals surface area contributed by atoms with E-state index in [1.165, 1.54) is 0 Å². The fourth-order valence-electron chi connectivity index (χ4n) is 3.48. The van der Waals surface area contributed by atoms with E-state index in [0.29, 0.717) is 6.42 Å². The van der Waals surface area contributed by atoms with E-state index in [0.717, 1.165) is 37.0 Å². The predicted molar refractivity (Wildman–Crippen MR) is 83.6 cm³/mol. The molecule has 5 heteroatoms. The quantitative estimate of drug-likeness (QED) is 0.795. The fraction of sp³-hybridized carbons (Fsp3) is 0.588. The van der Waals surface area contributed by atoms with E-state index in [1.54, 1.807) is 0 Å². The van der Waals surface area contributed by atoms with E-state index in [1.807, 2.05) is 31.2 Å². The van der Waals surface area contributed by atoms with Crippen molar-refractivity contribution in [2.75, 3.05) is 6.61 Å². The van der Waals surface area contributed by atoms with Gasteiger partial charge in [0.25, 0.3) is 0 Å². The summed E-state index contributed by atoms with van der Waals surface area (Å²) in [6.07, 6.45) is 3.02. The number of amides is 2. The van der Waals surface area contributed by atoms with E-state index in [2.05, 4.69) is 10.6 Å². The maximum atomic E-state index is 12.3. The smallest absolute Gasteiger partial charge is 0.315 e. The van der Waals surface area contributed by atoms with Gasteiger partial charge in [-0.3, -0.25) is 0 Å². The molecule has 3 rings (SSSR count). The van der Waals surface area contributed by atoms with Crippen molar-refractivity contribution in [1.29, 1.82) is 0 Å². The number of rotatable bonds is 4. The average molecular weight is 304 g/mol. The lowest BCUT2D eigenvalue weighted by Gasteiger charge is -2.25. The van der Waals surface area contributed by atoms with E-state index in [-0.39, 0.29) is 24.2 Å². The number of carbonyl (C=O) groups is 1. The van der Waals surface area contributed by atoms with Crippen LogP contribution in [0.3, 0.4) is 0 Å². The molecule has 1 heterocycles. The molecular formula is C17H24N2O3. The zero-order valence-electron chi connectivity index (χ0n) is 12.9. The number of fused-ring (bicyclic) bond motifs is 1. The molecule has 2 amide bonds. The lowest BCUT2D eigenvalue weighted by atomic mass is 10.1. The van der Waals surface area contributed by atoms with Crippen molar-refractivity contribution in [3.8, 4) is 0 Å². The first-order chi connectivity index (χ1) is 10.7. The number of hydrogen-bond donors (Lipinski definition) is 3. The SMILES string of the molecule is CCC(NC(=O)N[C@H]1c2ccccc2C[C@H]1O)C1CCCO1. The second kappa shape index (κ2) is 6.67. The Hall–Kier alpha value is -1.59. The second-order valence-electron chi connectivity index (χ2n) is 6.13. The lowest BCUT2D eigenvalue weighted by Crippen LogP contribution is -2.49. The molecule has 1 aliphatic carbocycles. The van der Waals surface area contributed by atoms with Crippen molar-refractivity contribution in [2.24, 2.45) is 0 Å². The second-order valence-corrected chi connectivity index (χ2v) is 6.13. The van der Waals surface area contributed by atoms with Crippen LogP contribution in [0.5, 0.6) is 0 Å². The molecule has 0 aromatic heterocycles. The summed E-state index contributed by atoms with van der Waals surface area (Å²) in [5.41, 5.74) is 2.11. The Morgan fingerprint density at radius 2 is 2.27 bits per heavy atom. The molecule has 5 nitrogen and oxygen atoms in total. The molecule has 2 unspecified atom stereocenters. The number of hydrogen-bond acceptors (Lipinski definition) is 3. The third-order valence-electron chi connectivity index (χ3n) is 4.66. The van der Waals surface area contributed by atoms with Crippen molar-refractivity contribution < 1.29 is 14.6 Å². The number of carbonyl (C=O) groups excluding carboxylic acids is 1. The highest BCUT2D eigenvalue weighted by Crippen LogP contribution is 2.31. The van der Waals surface area contributed by atoms with E-state index < -0.39 is 6.10 Å². The Balaban J connectivity index is 1.61. The minimum atomic E-state index is -0.564. The van der Waals surface area contributed by atoms with Crippen LogP contribution in [0.4, 0.5) is 4.79 Å². The topological polar surface area (TPSA) is 70.6 Å². The summed E-state index contributed by atoms with van der Waals surface area (Å²) in [4.78, 5) is 12.3. The van der Waals surface area contributed by atoms with Crippen molar-refractivity contribution in [3.63, 3.8) is 0 Å². The fourth-order valence-corrected chi connectivity index (χ4v) is 3.48. The van der Waals surface area contributed by atoms with Crippen LogP contribution in [-0.2, 0) is 11.2 Å². The summed E-state index contributed by atoms with van der Waals surface area (Å²) >= 11 is 0. The van der Waals surface area contributed by atoms with Gasteiger partial charge in [-0.1, -0.05) is 31.2 Å². The van der Waals surface area contributed by atoms with Crippen LogP contribution in [0.15, 0.2) is 24.3 Å². The number of benzene rings is 1. The Morgan fingerprint density at radius 1 is 1.45 bits per heavy atom. The largest absolute Gasteiger partial charge is 0.390 e. The molecule has 0 spiro atoms. The van der Waals surface area contributed by atoms with Gasteiger partial charge in [0, 0.05) is 13.0 Å². The Bertz CT molecular complexity index is 528. The van der Waals surface area contributed by atoms with Gasteiger partial charge in [0.15, 0.2) is 0 Å². The third-order valence-corrected chi connectivity index (χ3v) is 4.66. The van der Waals surface area contributed by atoms with Crippen molar-refractivity contribution >= 4 is 6.03 Å². The Morgan fingerprint density at radius 3 is 3.00 bits per heavy atom. The van der Waals surface area contributed by atoms with E-state index in [4.69, 9.17) is 4.74 Å². The predicted octanol–water partition coefficient (Wildman–Crippen LogP) is 1.90. The number of urea groups is 1. The molecular weight excluding hydrogens is 280 g/mol. The first-order valence-electron chi connectivity index (χ1n) is 8.13. The molecule has 120 valence electrons. The van der Waals surface area contributed by atoms with Gasteiger partial charge in [0.2, 0.25) is 0 Å². The van der Waals surface area contributed by atoms with Crippen LogP contribution in [0.1, 0.15) is 43.4 Å². The van der Waals surface area contributed by atoms with Crippen molar-refractivity contribution in [2.45, 2.75) is 56.9 Å². The number of ether oxygens (including phenoxy) is 1. The van der Waals surface area contributed by atoms with E-state index in [9.17, 15) is 9.90 Å². The molecule has 1 aromatic carbocycles.